The highest BCUT2D eigenvalue weighted by atomic mass is 32.2. The Morgan fingerprint density at radius 3 is 2.43 bits per heavy atom. The van der Waals surface area contributed by atoms with E-state index < -0.39 is 4.92 Å². The summed E-state index contributed by atoms with van der Waals surface area (Å²) in [6.07, 6.45) is 0. The molecule has 2 amide bonds. The number of aromatic nitrogens is 2. The van der Waals surface area contributed by atoms with Gasteiger partial charge in [-0.05, 0) is 18.2 Å². The number of rotatable bonds is 6. The summed E-state index contributed by atoms with van der Waals surface area (Å²) in [7, 11) is 0. The van der Waals surface area contributed by atoms with Crippen LogP contribution < -0.4 is 0 Å². The Bertz CT molecular complexity index is 1060. The number of non-ortho nitro benzene ring substituents is 1. The molecule has 1 aromatic heterocycles. The maximum absolute atomic E-state index is 12.3. The monoisotopic (exact) mass is 396 g/mol. The molecule has 9 nitrogen and oxygen atoms in total. The van der Waals surface area contributed by atoms with Crippen LogP contribution in [0.3, 0.4) is 0 Å². The van der Waals surface area contributed by atoms with E-state index in [2.05, 4.69) is 10.2 Å². The van der Waals surface area contributed by atoms with Crippen molar-refractivity contribution in [2.45, 2.75) is 5.22 Å². The van der Waals surface area contributed by atoms with Gasteiger partial charge in [0.25, 0.3) is 22.7 Å². The molecule has 0 saturated heterocycles. The van der Waals surface area contributed by atoms with Crippen LogP contribution in [-0.4, -0.2) is 44.1 Å². The molecule has 0 aliphatic carbocycles. The van der Waals surface area contributed by atoms with Crippen LogP contribution in [0.15, 0.2) is 58.2 Å². The second-order valence-corrected chi connectivity index (χ2v) is 6.88. The van der Waals surface area contributed by atoms with Gasteiger partial charge in [0.1, 0.15) is 0 Å². The fourth-order valence-corrected chi connectivity index (χ4v) is 3.49. The Labute approximate surface area is 162 Å². The van der Waals surface area contributed by atoms with Crippen molar-refractivity contribution in [1.82, 2.24) is 15.1 Å². The van der Waals surface area contributed by atoms with Gasteiger partial charge in [0, 0.05) is 30.0 Å². The Hall–Kier alpha value is -3.53. The van der Waals surface area contributed by atoms with E-state index in [0.29, 0.717) is 22.4 Å². The zero-order chi connectivity index (χ0) is 19.7. The van der Waals surface area contributed by atoms with Crippen molar-refractivity contribution in [2.24, 2.45) is 0 Å². The first kappa shape index (κ1) is 17.9. The molecule has 0 atom stereocenters. The van der Waals surface area contributed by atoms with Gasteiger partial charge >= 0.3 is 0 Å². The molecule has 2 aromatic carbocycles. The fraction of sp³-hybridized carbons (Fsp3) is 0.111. The van der Waals surface area contributed by atoms with E-state index in [1.165, 1.54) is 34.9 Å². The third kappa shape index (κ3) is 3.25. The summed E-state index contributed by atoms with van der Waals surface area (Å²) < 4.78 is 5.51. The number of nitrogens with zero attached hydrogens (tertiary/aromatic N) is 4. The van der Waals surface area contributed by atoms with Crippen molar-refractivity contribution in [2.75, 3.05) is 12.3 Å². The number of nitro groups is 1. The molecular formula is C18H12N4O5S. The maximum Gasteiger partial charge on any atom is 0.276 e. The third-order valence-corrected chi connectivity index (χ3v) is 4.93. The number of hydrogen-bond acceptors (Lipinski definition) is 8. The summed E-state index contributed by atoms with van der Waals surface area (Å²) in [6, 6.07) is 12.6. The van der Waals surface area contributed by atoms with Crippen LogP contribution in [0.25, 0.3) is 11.5 Å². The van der Waals surface area contributed by atoms with Crippen LogP contribution in [0.1, 0.15) is 20.7 Å². The van der Waals surface area contributed by atoms with E-state index in [9.17, 15) is 19.7 Å². The summed E-state index contributed by atoms with van der Waals surface area (Å²) in [6.45, 7) is 0.200. The smallest absolute Gasteiger partial charge is 0.276 e. The molecular weight excluding hydrogens is 384 g/mol. The van der Waals surface area contributed by atoms with Crippen molar-refractivity contribution in [3.05, 3.63) is 69.8 Å². The number of carbonyl (C=O) groups is 2. The van der Waals surface area contributed by atoms with Gasteiger partial charge in [-0.3, -0.25) is 24.6 Å². The molecule has 140 valence electrons. The van der Waals surface area contributed by atoms with Crippen molar-refractivity contribution in [1.29, 1.82) is 0 Å². The highest BCUT2D eigenvalue weighted by Gasteiger charge is 2.34. The summed E-state index contributed by atoms with van der Waals surface area (Å²) in [5.74, 6) is -0.0952. The first-order chi connectivity index (χ1) is 13.5. The number of amides is 2. The Morgan fingerprint density at radius 2 is 1.75 bits per heavy atom. The second-order valence-electron chi connectivity index (χ2n) is 5.84. The predicted octanol–water partition coefficient (Wildman–Crippen LogP) is 3.03. The highest BCUT2D eigenvalue weighted by Crippen LogP contribution is 2.27. The van der Waals surface area contributed by atoms with Crippen LogP contribution in [0.5, 0.6) is 0 Å². The van der Waals surface area contributed by atoms with Crippen molar-refractivity contribution in [3.63, 3.8) is 0 Å². The van der Waals surface area contributed by atoms with E-state index in [1.54, 1.807) is 30.3 Å². The summed E-state index contributed by atoms with van der Waals surface area (Å²) in [4.78, 5) is 36.2. The van der Waals surface area contributed by atoms with E-state index in [1.807, 2.05) is 0 Å². The Kier molecular flexibility index (Phi) is 4.62. The average Bonchev–Trinajstić information content (AvgIpc) is 3.27. The molecule has 4 rings (SSSR count). The fourth-order valence-electron chi connectivity index (χ4n) is 2.80. The minimum absolute atomic E-state index is 0.0736. The standard InChI is InChI=1S/C18H12N4O5S/c23-16-13-6-1-2-7-14(13)17(24)21(16)8-9-28-18-20-19-15(27-18)11-4-3-5-12(10-11)22(25)26/h1-7,10H,8-9H2. The molecule has 1 aliphatic heterocycles. The zero-order valence-corrected chi connectivity index (χ0v) is 15.1. The summed E-state index contributed by atoms with van der Waals surface area (Å²) in [5, 5.41) is 18.9. The topological polar surface area (TPSA) is 119 Å². The lowest BCUT2D eigenvalue weighted by molar-refractivity contribution is -0.384. The lowest BCUT2D eigenvalue weighted by Gasteiger charge is -2.12. The number of benzene rings is 2. The van der Waals surface area contributed by atoms with Gasteiger partial charge in [-0.1, -0.05) is 30.0 Å². The van der Waals surface area contributed by atoms with E-state index in [0.717, 1.165) is 0 Å². The molecule has 2 heterocycles. The quantitative estimate of drug-likeness (QED) is 0.270. The highest BCUT2D eigenvalue weighted by molar-refractivity contribution is 7.99. The first-order valence-corrected chi connectivity index (χ1v) is 9.19. The van der Waals surface area contributed by atoms with Gasteiger partial charge in [-0.15, -0.1) is 10.2 Å². The minimum atomic E-state index is -0.502. The second kappa shape index (κ2) is 7.24. The molecule has 3 aromatic rings. The molecule has 0 bridgehead atoms. The van der Waals surface area contributed by atoms with Crippen LogP contribution in [0.4, 0.5) is 5.69 Å². The van der Waals surface area contributed by atoms with Gasteiger partial charge in [-0.25, -0.2) is 0 Å². The first-order valence-electron chi connectivity index (χ1n) is 8.21. The number of nitro benzene ring substituents is 1. The summed E-state index contributed by atoms with van der Waals surface area (Å²) in [5.41, 5.74) is 1.18. The molecule has 0 unspecified atom stereocenters. The van der Waals surface area contributed by atoms with E-state index in [-0.39, 0.29) is 35.2 Å². The number of hydrogen-bond donors (Lipinski definition) is 0. The van der Waals surface area contributed by atoms with Crippen LogP contribution in [0.2, 0.25) is 0 Å². The molecule has 28 heavy (non-hydrogen) atoms. The molecule has 10 heteroatoms. The molecule has 0 fully saturated rings. The van der Waals surface area contributed by atoms with Gasteiger partial charge in [-0.2, -0.15) is 0 Å². The minimum Gasteiger partial charge on any atom is -0.411 e. The number of imide groups is 1. The average molecular weight is 396 g/mol. The van der Waals surface area contributed by atoms with Gasteiger partial charge in [0.05, 0.1) is 16.1 Å². The third-order valence-electron chi connectivity index (χ3n) is 4.13. The predicted molar refractivity (Wildman–Crippen MR) is 98.9 cm³/mol. The largest absolute Gasteiger partial charge is 0.411 e. The zero-order valence-electron chi connectivity index (χ0n) is 14.3. The number of thioether (sulfide) groups is 1. The Balaban J connectivity index is 1.40. The van der Waals surface area contributed by atoms with Gasteiger partial charge < -0.3 is 4.42 Å². The van der Waals surface area contributed by atoms with Crippen molar-refractivity contribution >= 4 is 29.3 Å². The van der Waals surface area contributed by atoms with Crippen LogP contribution in [0, 0.1) is 10.1 Å². The van der Waals surface area contributed by atoms with Crippen LogP contribution in [-0.2, 0) is 0 Å². The SMILES string of the molecule is O=C1c2ccccc2C(=O)N1CCSc1nnc(-c2cccc([N+](=O)[O-])c2)o1. The van der Waals surface area contributed by atoms with E-state index >= 15 is 0 Å². The number of fused-ring (bicyclic) bond motifs is 1. The summed E-state index contributed by atoms with van der Waals surface area (Å²) >= 11 is 1.20. The molecule has 0 radical (unpaired) electrons. The Morgan fingerprint density at radius 1 is 1.04 bits per heavy atom. The lowest BCUT2D eigenvalue weighted by atomic mass is 10.1. The lowest BCUT2D eigenvalue weighted by Crippen LogP contribution is -2.31. The number of carbonyl (C=O) groups excluding carboxylic acids is 2. The molecule has 0 saturated carbocycles. The van der Waals surface area contributed by atoms with Crippen molar-refractivity contribution in [3.8, 4) is 11.5 Å². The van der Waals surface area contributed by atoms with E-state index in [4.69, 9.17) is 4.42 Å². The van der Waals surface area contributed by atoms with Crippen molar-refractivity contribution < 1.29 is 18.9 Å². The molecule has 1 aliphatic rings. The normalized spacial score (nSPS) is 13.1. The maximum atomic E-state index is 12.3. The van der Waals surface area contributed by atoms with Gasteiger partial charge in [0.15, 0.2) is 0 Å². The van der Waals surface area contributed by atoms with Gasteiger partial charge in [0.2, 0.25) is 5.89 Å². The van der Waals surface area contributed by atoms with Crippen LogP contribution >= 0.6 is 11.8 Å². The molecule has 0 N–H and O–H groups in total. The molecule has 0 spiro atoms.